The Balaban J connectivity index is 1.93. The van der Waals surface area contributed by atoms with E-state index in [1.165, 1.54) is 4.90 Å². The lowest BCUT2D eigenvalue weighted by Crippen LogP contribution is -2.51. The lowest BCUT2D eigenvalue weighted by Gasteiger charge is -2.44. The highest BCUT2D eigenvalue weighted by Gasteiger charge is 2.49. The van der Waals surface area contributed by atoms with Gasteiger partial charge in [-0.15, -0.1) is 0 Å². The Morgan fingerprint density at radius 1 is 1.00 bits per heavy atom. The fourth-order valence-corrected chi connectivity index (χ4v) is 4.49. The molecule has 0 aromatic heterocycles. The van der Waals surface area contributed by atoms with Crippen molar-refractivity contribution in [3.63, 3.8) is 0 Å². The van der Waals surface area contributed by atoms with Crippen molar-refractivity contribution in [2.75, 3.05) is 6.61 Å². The molecule has 2 atom stereocenters. The molecule has 0 bridgehead atoms. The van der Waals surface area contributed by atoms with Gasteiger partial charge in [0.25, 0.3) is 5.91 Å². The first-order valence-electron chi connectivity index (χ1n) is 10.9. The van der Waals surface area contributed by atoms with Crippen molar-refractivity contribution in [2.45, 2.75) is 25.3 Å². The Bertz CT molecular complexity index is 1260. The van der Waals surface area contributed by atoms with Gasteiger partial charge < -0.3 is 4.74 Å². The highest BCUT2D eigenvalue weighted by atomic mass is 16.5. The first-order valence-corrected chi connectivity index (χ1v) is 10.9. The SMILES string of the molecule is CCOC(=O)c1ccccc1[C@H](C)[C@]1(C#N)c2ccccc2C=CN1C(=O)c1ccccc1. The standard InChI is InChI=1S/C28H24N2O3/c1-3-33-27(32)24-15-9-8-14-23(24)20(2)28(19-29)25-16-10-7-11-21(25)17-18-30(28)26(31)22-12-5-4-6-13-22/h4-18,20H,3H2,1-2H3/t20-,28+/m0/s1. The minimum atomic E-state index is -1.37. The normalized spacial score (nSPS) is 17.5. The van der Waals surface area contributed by atoms with Gasteiger partial charge in [0.05, 0.1) is 18.2 Å². The van der Waals surface area contributed by atoms with Crippen LogP contribution in [0.1, 0.15) is 57.2 Å². The molecule has 3 aromatic rings. The summed E-state index contributed by atoms with van der Waals surface area (Å²) in [4.78, 5) is 27.9. The number of nitrogens with zero attached hydrogens (tertiary/aromatic N) is 2. The van der Waals surface area contributed by atoms with Crippen molar-refractivity contribution >= 4 is 18.0 Å². The third-order valence-electron chi connectivity index (χ3n) is 6.11. The summed E-state index contributed by atoms with van der Waals surface area (Å²) >= 11 is 0. The molecule has 164 valence electrons. The van der Waals surface area contributed by atoms with E-state index in [9.17, 15) is 14.9 Å². The van der Waals surface area contributed by atoms with Crippen LogP contribution in [-0.4, -0.2) is 23.4 Å². The zero-order chi connectivity index (χ0) is 23.4. The molecule has 0 N–H and O–H groups in total. The number of carbonyl (C=O) groups excluding carboxylic acids is 2. The zero-order valence-electron chi connectivity index (χ0n) is 18.6. The van der Waals surface area contributed by atoms with Gasteiger partial charge in [-0.1, -0.05) is 67.6 Å². The van der Waals surface area contributed by atoms with Gasteiger partial charge in [-0.25, -0.2) is 4.79 Å². The van der Waals surface area contributed by atoms with E-state index >= 15 is 0 Å². The summed E-state index contributed by atoms with van der Waals surface area (Å²) in [5.41, 5.74) is 1.71. The second kappa shape index (κ2) is 9.13. The van der Waals surface area contributed by atoms with E-state index < -0.39 is 17.4 Å². The highest BCUT2D eigenvalue weighted by Crippen LogP contribution is 2.47. The minimum Gasteiger partial charge on any atom is -0.462 e. The Hall–Kier alpha value is -4.17. The summed E-state index contributed by atoms with van der Waals surface area (Å²) < 4.78 is 5.27. The third kappa shape index (κ3) is 3.70. The molecule has 33 heavy (non-hydrogen) atoms. The molecule has 0 saturated heterocycles. The van der Waals surface area contributed by atoms with Gasteiger partial charge >= 0.3 is 5.97 Å². The molecule has 0 aliphatic carbocycles. The van der Waals surface area contributed by atoms with Gasteiger partial charge in [-0.05, 0) is 42.3 Å². The molecule has 0 unspecified atom stereocenters. The van der Waals surface area contributed by atoms with Gasteiger partial charge in [0.1, 0.15) is 0 Å². The molecule has 1 aliphatic rings. The van der Waals surface area contributed by atoms with Crippen molar-refractivity contribution in [1.29, 1.82) is 5.26 Å². The number of amides is 1. The zero-order valence-corrected chi connectivity index (χ0v) is 18.6. The fraction of sp³-hybridized carbons (Fsp3) is 0.179. The van der Waals surface area contributed by atoms with E-state index in [1.54, 1.807) is 49.5 Å². The number of hydrogen-bond donors (Lipinski definition) is 0. The molecule has 0 fully saturated rings. The Morgan fingerprint density at radius 2 is 1.67 bits per heavy atom. The molecule has 0 saturated carbocycles. The maximum atomic E-state index is 13.7. The fourth-order valence-electron chi connectivity index (χ4n) is 4.49. The van der Waals surface area contributed by atoms with Gasteiger partial charge in [0.15, 0.2) is 5.54 Å². The molecule has 3 aromatic carbocycles. The van der Waals surface area contributed by atoms with Crippen molar-refractivity contribution in [2.24, 2.45) is 0 Å². The summed E-state index contributed by atoms with van der Waals surface area (Å²) in [5.74, 6) is -1.28. The van der Waals surface area contributed by atoms with Crippen LogP contribution in [0.3, 0.4) is 0 Å². The average Bonchev–Trinajstić information content (AvgIpc) is 2.87. The van der Waals surface area contributed by atoms with Crippen LogP contribution >= 0.6 is 0 Å². The number of carbonyl (C=O) groups is 2. The number of hydrogen-bond acceptors (Lipinski definition) is 4. The van der Waals surface area contributed by atoms with E-state index in [-0.39, 0.29) is 12.5 Å². The van der Waals surface area contributed by atoms with Crippen LogP contribution in [0.25, 0.3) is 6.08 Å². The van der Waals surface area contributed by atoms with Gasteiger partial charge in [0.2, 0.25) is 0 Å². The number of esters is 1. The predicted octanol–water partition coefficient (Wildman–Crippen LogP) is 5.51. The van der Waals surface area contributed by atoms with Crippen LogP contribution < -0.4 is 0 Å². The van der Waals surface area contributed by atoms with Crippen LogP contribution in [0, 0.1) is 11.3 Å². The molecule has 5 nitrogen and oxygen atoms in total. The van der Waals surface area contributed by atoms with E-state index in [1.807, 2.05) is 55.5 Å². The lowest BCUT2D eigenvalue weighted by atomic mass is 9.71. The number of benzene rings is 3. The van der Waals surface area contributed by atoms with Gasteiger partial charge in [-0.2, -0.15) is 5.26 Å². The number of fused-ring (bicyclic) bond motifs is 1. The summed E-state index contributed by atoms with van der Waals surface area (Å²) in [7, 11) is 0. The van der Waals surface area contributed by atoms with Crippen molar-refractivity contribution in [3.05, 3.63) is 113 Å². The predicted molar refractivity (Wildman–Crippen MR) is 126 cm³/mol. The number of ether oxygens (including phenoxy) is 1. The van der Waals surface area contributed by atoms with Crippen LogP contribution in [0.15, 0.2) is 85.1 Å². The molecule has 1 heterocycles. The quantitative estimate of drug-likeness (QED) is 0.494. The first kappa shape index (κ1) is 22.0. The van der Waals surface area contributed by atoms with Crippen LogP contribution in [0.2, 0.25) is 0 Å². The monoisotopic (exact) mass is 436 g/mol. The van der Waals surface area contributed by atoms with Crippen molar-refractivity contribution < 1.29 is 14.3 Å². The second-order valence-corrected chi connectivity index (χ2v) is 7.85. The van der Waals surface area contributed by atoms with Crippen molar-refractivity contribution in [3.8, 4) is 6.07 Å². The Morgan fingerprint density at radius 3 is 2.39 bits per heavy atom. The third-order valence-corrected chi connectivity index (χ3v) is 6.11. The topological polar surface area (TPSA) is 70.4 Å². The minimum absolute atomic E-state index is 0.245. The summed E-state index contributed by atoms with van der Waals surface area (Å²) in [6.07, 6.45) is 3.51. The highest BCUT2D eigenvalue weighted by molar-refractivity contribution is 5.97. The van der Waals surface area contributed by atoms with E-state index in [4.69, 9.17) is 4.74 Å². The van der Waals surface area contributed by atoms with Crippen LogP contribution in [-0.2, 0) is 10.3 Å². The lowest BCUT2D eigenvalue weighted by molar-refractivity contribution is 0.0522. The molecular weight excluding hydrogens is 412 g/mol. The van der Waals surface area contributed by atoms with Crippen molar-refractivity contribution in [1.82, 2.24) is 4.90 Å². The van der Waals surface area contributed by atoms with E-state index in [0.717, 1.165) is 5.56 Å². The molecule has 0 radical (unpaired) electrons. The first-order chi connectivity index (χ1) is 16.0. The van der Waals surface area contributed by atoms with E-state index in [0.29, 0.717) is 22.3 Å². The number of rotatable bonds is 5. The van der Waals surface area contributed by atoms with Gasteiger partial charge in [-0.3, -0.25) is 9.69 Å². The van der Waals surface area contributed by atoms with E-state index in [2.05, 4.69) is 6.07 Å². The molecule has 1 aliphatic heterocycles. The Labute approximate surface area is 193 Å². The summed E-state index contributed by atoms with van der Waals surface area (Å²) in [6.45, 7) is 3.88. The second-order valence-electron chi connectivity index (χ2n) is 7.85. The average molecular weight is 437 g/mol. The maximum Gasteiger partial charge on any atom is 0.338 e. The van der Waals surface area contributed by atoms with Crippen LogP contribution in [0.4, 0.5) is 0 Å². The summed E-state index contributed by atoms with van der Waals surface area (Å²) in [6, 6.07) is 26.0. The molecule has 0 spiro atoms. The number of nitriles is 1. The smallest absolute Gasteiger partial charge is 0.338 e. The van der Waals surface area contributed by atoms with Gasteiger partial charge in [0, 0.05) is 23.2 Å². The molecular formula is C28H24N2O3. The summed E-state index contributed by atoms with van der Waals surface area (Å²) in [5, 5.41) is 10.7. The maximum absolute atomic E-state index is 13.7. The molecule has 1 amide bonds. The largest absolute Gasteiger partial charge is 0.462 e. The Kier molecular flexibility index (Phi) is 6.10. The molecule has 4 rings (SSSR count). The van der Waals surface area contributed by atoms with Crippen LogP contribution in [0.5, 0.6) is 0 Å². The molecule has 5 heteroatoms.